The Morgan fingerprint density at radius 1 is 1.03 bits per heavy atom. The molecular formula is C24H28Cl2N6O4. The fourth-order valence-electron chi connectivity index (χ4n) is 4.24. The second kappa shape index (κ2) is 13.1. The summed E-state index contributed by atoms with van der Waals surface area (Å²) in [6.07, 6.45) is 7.32. The van der Waals surface area contributed by atoms with Gasteiger partial charge in [-0.15, -0.1) is 0 Å². The van der Waals surface area contributed by atoms with Gasteiger partial charge in [0.1, 0.15) is 18.1 Å². The zero-order valence-electron chi connectivity index (χ0n) is 19.7. The number of fused-ring (bicyclic) bond motifs is 1. The van der Waals surface area contributed by atoms with E-state index >= 15 is 0 Å². The molecule has 0 spiro atoms. The molecule has 3 N–H and O–H groups in total. The summed E-state index contributed by atoms with van der Waals surface area (Å²) in [5.41, 5.74) is 2.23. The van der Waals surface area contributed by atoms with Crippen molar-refractivity contribution in [3.8, 4) is 11.8 Å². The fraction of sp³-hybridized carbons (Fsp3) is 0.500. The molecule has 3 aromatic rings. The Morgan fingerprint density at radius 3 is 2.47 bits per heavy atom. The van der Waals surface area contributed by atoms with Gasteiger partial charge in [0.05, 0.1) is 37.5 Å². The van der Waals surface area contributed by atoms with Crippen LogP contribution in [0.15, 0.2) is 18.5 Å². The second-order valence-electron chi connectivity index (χ2n) is 8.37. The molecule has 3 aromatic heterocycles. The molecule has 0 amide bonds. The highest BCUT2D eigenvalue weighted by atomic mass is 35.5. The molecule has 12 heteroatoms. The quantitative estimate of drug-likeness (QED) is 0.341. The highest BCUT2D eigenvalue weighted by Gasteiger charge is 2.21. The fourth-order valence-corrected chi connectivity index (χ4v) is 4.50. The Morgan fingerprint density at radius 2 is 1.78 bits per heavy atom. The van der Waals surface area contributed by atoms with E-state index in [0.29, 0.717) is 24.6 Å². The highest BCUT2D eigenvalue weighted by molar-refractivity contribution is 6.28. The van der Waals surface area contributed by atoms with Gasteiger partial charge in [0.2, 0.25) is 10.6 Å². The first kappa shape index (κ1) is 26.5. The number of aromatic nitrogens is 5. The molecule has 10 nitrogen and oxygen atoms in total. The molecule has 2 fully saturated rings. The molecule has 0 aromatic carbocycles. The third-order valence-corrected chi connectivity index (χ3v) is 6.22. The number of nitrogens with zero attached hydrogens (tertiary/aromatic N) is 5. The van der Waals surface area contributed by atoms with Crippen LogP contribution in [0.5, 0.6) is 0 Å². The molecule has 0 radical (unpaired) electrons. The maximum absolute atomic E-state index is 9.48. The van der Waals surface area contributed by atoms with Gasteiger partial charge in [-0.25, -0.2) is 9.97 Å². The predicted molar refractivity (Wildman–Crippen MR) is 136 cm³/mol. The van der Waals surface area contributed by atoms with E-state index in [4.69, 9.17) is 37.8 Å². The molecule has 2 aliphatic rings. The number of rotatable bonds is 4. The number of hydrogen-bond acceptors (Lipinski definition) is 9. The summed E-state index contributed by atoms with van der Waals surface area (Å²) in [5, 5.41) is 22.7. The first-order valence-corrected chi connectivity index (χ1v) is 12.5. The number of ether oxygens (including phenoxy) is 2. The largest absolute Gasteiger partial charge is 0.390 e. The van der Waals surface area contributed by atoms with Crippen LogP contribution in [0.2, 0.25) is 10.6 Å². The van der Waals surface area contributed by atoms with Crippen molar-refractivity contribution >= 4 is 40.1 Å². The highest BCUT2D eigenvalue weighted by Crippen LogP contribution is 2.28. The van der Waals surface area contributed by atoms with Crippen molar-refractivity contribution in [2.75, 3.05) is 38.4 Å². The zero-order chi connectivity index (χ0) is 25.3. The van der Waals surface area contributed by atoms with Crippen molar-refractivity contribution in [1.82, 2.24) is 24.5 Å². The average Bonchev–Trinajstić information content (AvgIpc) is 3.27. The molecule has 192 valence electrons. The van der Waals surface area contributed by atoms with Crippen LogP contribution in [0, 0.1) is 11.8 Å². The van der Waals surface area contributed by atoms with E-state index in [0.717, 1.165) is 55.6 Å². The van der Waals surface area contributed by atoms with Crippen LogP contribution in [-0.4, -0.2) is 73.8 Å². The molecule has 5 heterocycles. The lowest BCUT2D eigenvalue weighted by Gasteiger charge is -2.25. The SMILES string of the molecule is OCC#Cc1cnc(Cl)nc1NC1CCCOC1.OCc1cc2cnc(Cl)nc2n1C1CCCOC1. The van der Waals surface area contributed by atoms with E-state index in [2.05, 4.69) is 37.1 Å². The van der Waals surface area contributed by atoms with Gasteiger partial charge in [-0.05, 0) is 55.0 Å². The van der Waals surface area contributed by atoms with Crippen LogP contribution in [0.4, 0.5) is 5.82 Å². The number of aliphatic hydroxyl groups excluding tert-OH is 2. The van der Waals surface area contributed by atoms with Crippen molar-refractivity contribution < 1.29 is 19.7 Å². The Kier molecular flexibility index (Phi) is 9.69. The van der Waals surface area contributed by atoms with Crippen LogP contribution in [0.3, 0.4) is 0 Å². The van der Waals surface area contributed by atoms with E-state index in [-0.39, 0.29) is 35.9 Å². The Hall–Kier alpha value is -2.52. The zero-order valence-corrected chi connectivity index (χ0v) is 21.2. The predicted octanol–water partition coefficient (Wildman–Crippen LogP) is 2.99. The second-order valence-corrected chi connectivity index (χ2v) is 9.05. The van der Waals surface area contributed by atoms with Gasteiger partial charge in [-0.1, -0.05) is 11.8 Å². The minimum Gasteiger partial charge on any atom is -0.390 e. The maximum Gasteiger partial charge on any atom is 0.224 e. The van der Waals surface area contributed by atoms with Crippen LogP contribution in [-0.2, 0) is 16.1 Å². The maximum atomic E-state index is 9.48. The van der Waals surface area contributed by atoms with Gasteiger partial charge in [-0.2, -0.15) is 9.97 Å². The summed E-state index contributed by atoms with van der Waals surface area (Å²) in [4.78, 5) is 16.2. The molecule has 0 saturated carbocycles. The monoisotopic (exact) mass is 534 g/mol. The average molecular weight is 535 g/mol. The van der Waals surface area contributed by atoms with Crippen molar-refractivity contribution in [3.63, 3.8) is 0 Å². The smallest absolute Gasteiger partial charge is 0.224 e. The summed E-state index contributed by atoms with van der Waals surface area (Å²) in [6.45, 7) is 2.69. The molecule has 2 saturated heterocycles. The molecule has 0 bridgehead atoms. The van der Waals surface area contributed by atoms with Gasteiger partial charge >= 0.3 is 0 Å². The van der Waals surface area contributed by atoms with Crippen LogP contribution >= 0.6 is 23.2 Å². The van der Waals surface area contributed by atoms with E-state index in [9.17, 15) is 5.11 Å². The number of nitrogens with one attached hydrogen (secondary N) is 1. The van der Waals surface area contributed by atoms with Gasteiger partial charge < -0.3 is 29.6 Å². The molecular weight excluding hydrogens is 507 g/mol. The summed E-state index contributed by atoms with van der Waals surface area (Å²) in [6, 6.07) is 2.32. The number of aliphatic hydroxyl groups is 2. The van der Waals surface area contributed by atoms with Crippen molar-refractivity contribution in [2.45, 2.75) is 44.4 Å². The normalized spacial score (nSPS) is 19.7. The van der Waals surface area contributed by atoms with E-state index in [1.54, 1.807) is 12.4 Å². The summed E-state index contributed by atoms with van der Waals surface area (Å²) < 4.78 is 12.9. The molecule has 36 heavy (non-hydrogen) atoms. The van der Waals surface area contributed by atoms with Crippen molar-refractivity contribution in [2.24, 2.45) is 0 Å². The first-order valence-electron chi connectivity index (χ1n) is 11.8. The third kappa shape index (κ3) is 6.82. The van der Waals surface area contributed by atoms with E-state index in [1.807, 2.05) is 10.6 Å². The van der Waals surface area contributed by atoms with Gasteiger partial charge in [-0.3, -0.25) is 0 Å². The summed E-state index contributed by atoms with van der Waals surface area (Å²) in [5.74, 6) is 5.95. The number of anilines is 1. The first-order chi connectivity index (χ1) is 17.6. The minimum atomic E-state index is -0.200. The number of halogens is 2. The lowest BCUT2D eigenvalue weighted by molar-refractivity contribution is 0.0584. The van der Waals surface area contributed by atoms with Gasteiger partial charge in [0.15, 0.2) is 0 Å². The van der Waals surface area contributed by atoms with Crippen molar-refractivity contribution in [1.29, 1.82) is 0 Å². The minimum absolute atomic E-state index is 0.0233. The van der Waals surface area contributed by atoms with Gasteiger partial charge in [0.25, 0.3) is 0 Å². The van der Waals surface area contributed by atoms with Crippen LogP contribution < -0.4 is 5.32 Å². The summed E-state index contributed by atoms with van der Waals surface area (Å²) in [7, 11) is 0. The third-order valence-electron chi connectivity index (χ3n) is 5.85. The lowest BCUT2D eigenvalue weighted by atomic mass is 10.1. The van der Waals surface area contributed by atoms with E-state index < -0.39 is 0 Å². The Balaban J connectivity index is 0.000000169. The molecule has 2 unspecified atom stereocenters. The molecule has 0 aliphatic carbocycles. The topological polar surface area (TPSA) is 127 Å². The van der Waals surface area contributed by atoms with Crippen LogP contribution in [0.1, 0.15) is 43.0 Å². The molecule has 5 rings (SSSR count). The Bertz CT molecular complexity index is 1220. The molecule has 2 atom stereocenters. The number of hydrogen-bond donors (Lipinski definition) is 3. The van der Waals surface area contributed by atoms with E-state index in [1.165, 1.54) is 0 Å². The molecule has 2 aliphatic heterocycles. The van der Waals surface area contributed by atoms with Crippen molar-refractivity contribution in [3.05, 3.63) is 40.3 Å². The summed E-state index contributed by atoms with van der Waals surface area (Å²) >= 11 is 11.6. The van der Waals surface area contributed by atoms with Crippen LogP contribution in [0.25, 0.3) is 11.0 Å². The lowest BCUT2D eigenvalue weighted by Crippen LogP contribution is -2.30. The standard InChI is InChI=1S/2C12H14ClN3O2/c13-12-14-5-8-4-10(6-17)16(11(8)15-12)9-2-1-3-18-7-9;13-12-14-7-9(3-1-5-17)11(16-12)15-10-4-2-6-18-8-10/h4-5,9,17H,1-3,6-7H2;7,10,17H,2,4-6,8H2,(H,14,15,16). The van der Waals surface area contributed by atoms with Gasteiger partial charge in [0, 0.05) is 36.7 Å². The Labute approximate surface area is 219 Å².